The van der Waals surface area contributed by atoms with Crippen LogP contribution < -0.4 is 5.32 Å². The van der Waals surface area contributed by atoms with Gasteiger partial charge in [-0.3, -0.25) is 0 Å². The van der Waals surface area contributed by atoms with Crippen LogP contribution in [-0.4, -0.2) is 10.2 Å². The highest BCUT2D eigenvalue weighted by molar-refractivity contribution is 6.20. The van der Waals surface area contributed by atoms with Gasteiger partial charge >= 0.3 is 12.2 Å². The number of anilines is 2. The van der Waals surface area contributed by atoms with Gasteiger partial charge in [-0.25, -0.2) is 4.39 Å². The maximum absolute atomic E-state index is 13.1. The summed E-state index contributed by atoms with van der Waals surface area (Å²) in [7, 11) is 0. The van der Waals surface area contributed by atoms with Gasteiger partial charge in [0.15, 0.2) is 0 Å². The van der Waals surface area contributed by atoms with Crippen molar-refractivity contribution in [2.75, 3.05) is 5.32 Å². The summed E-state index contributed by atoms with van der Waals surface area (Å²) >= 11 is 5.70. The van der Waals surface area contributed by atoms with Crippen LogP contribution in [0.3, 0.4) is 0 Å². The molecule has 0 fully saturated rings. The third kappa shape index (κ3) is 3.19. The van der Waals surface area contributed by atoms with Crippen LogP contribution in [0.2, 0.25) is 0 Å². The predicted molar refractivity (Wildman–Crippen MR) is 63.3 cm³/mol. The van der Waals surface area contributed by atoms with Gasteiger partial charge in [0, 0.05) is 5.69 Å². The maximum Gasteiger partial charge on any atom is 0.419 e. The van der Waals surface area contributed by atoms with Crippen molar-refractivity contribution in [3.63, 3.8) is 0 Å². The summed E-state index contributed by atoms with van der Waals surface area (Å²) in [5.41, 5.74) is -1.41. The summed E-state index contributed by atoms with van der Waals surface area (Å²) in [6.07, 6.45) is -4.79. The van der Waals surface area contributed by atoms with Gasteiger partial charge in [-0.05, 0) is 25.1 Å². The van der Waals surface area contributed by atoms with Crippen molar-refractivity contribution >= 4 is 23.3 Å². The minimum absolute atomic E-state index is 0.0313. The summed E-state index contributed by atoms with van der Waals surface area (Å²) in [5.74, 6) is -1.24. The van der Waals surface area contributed by atoms with E-state index < -0.39 is 22.9 Å². The van der Waals surface area contributed by atoms with E-state index in [1.54, 1.807) is 6.92 Å². The smallest absolute Gasteiger partial charge is 0.406 e. The molecule has 2 rings (SSSR count). The number of benzene rings is 1. The number of nitrogens with zero attached hydrogens (tertiary/aromatic N) is 2. The Morgan fingerprint density at radius 2 is 2.00 bits per heavy atom. The van der Waals surface area contributed by atoms with Gasteiger partial charge < -0.3 is 9.73 Å². The third-order valence-corrected chi connectivity index (χ3v) is 2.49. The maximum atomic E-state index is 13.1. The van der Waals surface area contributed by atoms with E-state index in [4.69, 9.17) is 16.0 Å². The van der Waals surface area contributed by atoms with E-state index >= 15 is 0 Å². The zero-order valence-corrected chi connectivity index (χ0v) is 10.8. The molecule has 0 saturated carbocycles. The Hall–Kier alpha value is -1.83. The molecule has 4 nitrogen and oxygen atoms in total. The van der Waals surface area contributed by atoms with E-state index in [9.17, 15) is 17.6 Å². The Bertz CT molecular complexity index is 612. The van der Waals surface area contributed by atoms with Crippen molar-refractivity contribution in [2.24, 2.45) is 0 Å². The molecule has 0 bridgehead atoms. The van der Waals surface area contributed by atoms with Crippen molar-refractivity contribution in [1.82, 2.24) is 10.2 Å². The van der Waals surface area contributed by atoms with E-state index in [1.807, 2.05) is 0 Å². The molecule has 20 heavy (non-hydrogen) atoms. The molecular weight excluding hydrogens is 302 g/mol. The van der Waals surface area contributed by atoms with Crippen molar-refractivity contribution in [3.05, 3.63) is 35.5 Å². The largest absolute Gasteiger partial charge is 0.419 e. The molecule has 1 atom stereocenters. The first kappa shape index (κ1) is 14.6. The number of hydrogen-bond donors (Lipinski definition) is 1. The number of halogens is 5. The Labute approximate surface area is 115 Å². The molecule has 1 unspecified atom stereocenters. The quantitative estimate of drug-likeness (QED) is 0.679. The first-order valence-electron chi connectivity index (χ1n) is 5.38. The monoisotopic (exact) mass is 309 g/mol. The van der Waals surface area contributed by atoms with Crippen LogP contribution >= 0.6 is 11.6 Å². The molecular formula is C11H8ClF4N3O. The highest BCUT2D eigenvalue weighted by Crippen LogP contribution is 2.33. The van der Waals surface area contributed by atoms with Gasteiger partial charge in [-0.2, -0.15) is 13.2 Å². The van der Waals surface area contributed by atoms with Crippen molar-refractivity contribution in [3.8, 4) is 0 Å². The van der Waals surface area contributed by atoms with Crippen LogP contribution in [0.15, 0.2) is 22.6 Å². The first-order valence-corrected chi connectivity index (χ1v) is 5.82. The fourth-order valence-electron chi connectivity index (χ4n) is 1.39. The zero-order valence-electron chi connectivity index (χ0n) is 10.0. The second kappa shape index (κ2) is 5.28. The number of rotatable bonds is 3. The second-order valence-electron chi connectivity index (χ2n) is 3.88. The molecule has 9 heteroatoms. The van der Waals surface area contributed by atoms with Crippen LogP contribution in [0.1, 0.15) is 23.8 Å². The summed E-state index contributed by atoms with van der Waals surface area (Å²) in [6.45, 7) is 1.60. The normalized spacial score (nSPS) is 13.3. The highest BCUT2D eigenvalue weighted by atomic mass is 35.5. The van der Waals surface area contributed by atoms with Crippen molar-refractivity contribution < 1.29 is 22.0 Å². The lowest BCUT2D eigenvalue weighted by Crippen LogP contribution is -2.08. The Morgan fingerprint density at radius 3 is 2.55 bits per heavy atom. The minimum Gasteiger partial charge on any atom is -0.406 e. The fraction of sp³-hybridized carbons (Fsp3) is 0.273. The molecule has 108 valence electrons. The van der Waals surface area contributed by atoms with Crippen LogP contribution in [-0.2, 0) is 6.18 Å². The fourth-order valence-corrected chi connectivity index (χ4v) is 1.48. The summed E-state index contributed by atoms with van der Waals surface area (Å²) in [6, 6.07) is 2.31. The molecule has 0 spiro atoms. The third-order valence-electron chi connectivity index (χ3n) is 2.30. The molecule has 1 heterocycles. The molecule has 0 aliphatic rings. The first-order chi connectivity index (χ1) is 9.27. The lowest BCUT2D eigenvalue weighted by molar-refractivity contribution is -0.139. The number of alkyl halides is 4. The van der Waals surface area contributed by atoms with Gasteiger partial charge in [0.1, 0.15) is 11.2 Å². The molecule has 0 aliphatic carbocycles. The van der Waals surface area contributed by atoms with E-state index in [1.165, 1.54) is 0 Å². The molecule has 0 saturated heterocycles. The highest BCUT2D eigenvalue weighted by Gasteiger charge is 2.34. The molecule has 1 aromatic heterocycles. The lowest BCUT2D eigenvalue weighted by atomic mass is 10.2. The minimum atomic E-state index is -4.79. The van der Waals surface area contributed by atoms with E-state index in [0.29, 0.717) is 12.1 Å². The standard InChI is InChI=1S/C11H8ClF4N3O/c1-5(12)9-18-19-10(20-9)17-6-2-3-8(13)7(4-6)11(14,15)16/h2-5H,1H3,(H,17,19). The number of aromatic nitrogens is 2. The van der Waals surface area contributed by atoms with Crippen LogP contribution in [0, 0.1) is 5.82 Å². The van der Waals surface area contributed by atoms with E-state index in [-0.39, 0.29) is 17.6 Å². The molecule has 0 amide bonds. The average molecular weight is 310 g/mol. The second-order valence-corrected chi connectivity index (χ2v) is 4.53. The summed E-state index contributed by atoms with van der Waals surface area (Å²) < 4.78 is 55.8. The van der Waals surface area contributed by atoms with Gasteiger partial charge in [0.25, 0.3) is 0 Å². The average Bonchev–Trinajstić information content (AvgIpc) is 2.79. The Morgan fingerprint density at radius 1 is 1.30 bits per heavy atom. The van der Waals surface area contributed by atoms with Crippen molar-refractivity contribution in [2.45, 2.75) is 18.5 Å². The van der Waals surface area contributed by atoms with Crippen molar-refractivity contribution in [1.29, 1.82) is 0 Å². The Balaban J connectivity index is 2.25. The lowest BCUT2D eigenvalue weighted by Gasteiger charge is -2.09. The molecule has 0 aliphatic heterocycles. The Kier molecular flexibility index (Phi) is 3.85. The molecule has 1 N–H and O–H groups in total. The van der Waals surface area contributed by atoms with Crippen LogP contribution in [0.25, 0.3) is 0 Å². The van der Waals surface area contributed by atoms with Gasteiger partial charge in [-0.15, -0.1) is 16.7 Å². The molecule has 0 radical (unpaired) electrons. The summed E-state index contributed by atoms with van der Waals surface area (Å²) in [4.78, 5) is 0. The van der Waals surface area contributed by atoms with Gasteiger partial charge in [0.05, 0.1) is 5.56 Å². The van der Waals surface area contributed by atoms with Crippen LogP contribution in [0.5, 0.6) is 0 Å². The topological polar surface area (TPSA) is 51.0 Å². The SMILES string of the molecule is CC(Cl)c1nnc(Nc2ccc(F)c(C(F)(F)F)c2)o1. The molecule has 1 aromatic carbocycles. The van der Waals surface area contributed by atoms with E-state index in [0.717, 1.165) is 6.07 Å². The number of hydrogen-bond acceptors (Lipinski definition) is 4. The van der Waals surface area contributed by atoms with Crippen LogP contribution in [0.4, 0.5) is 29.3 Å². The predicted octanol–water partition coefficient (Wildman–Crippen LogP) is 4.27. The van der Waals surface area contributed by atoms with Gasteiger partial charge in [0.2, 0.25) is 5.89 Å². The summed E-state index contributed by atoms with van der Waals surface area (Å²) in [5, 5.41) is 9.08. The zero-order chi connectivity index (χ0) is 14.9. The van der Waals surface area contributed by atoms with Gasteiger partial charge in [-0.1, -0.05) is 5.10 Å². The molecule has 2 aromatic rings. The number of nitrogens with one attached hydrogen (secondary N) is 1. The van der Waals surface area contributed by atoms with E-state index in [2.05, 4.69) is 15.5 Å².